The van der Waals surface area contributed by atoms with E-state index < -0.39 is 0 Å². The number of rotatable bonds is 10. The Morgan fingerprint density at radius 3 is 2.71 bits per heavy atom. The molecular weight excluding hydrogens is 390 g/mol. The van der Waals surface area contributed by atoms with Gasteiger partial charge >= 0.3 is 0 Å². The molecule has 1 saturated heterocycles. The summed E-state index contributed by atoms with van der Waals surface area (Å²) in [5, 5.41) is 2.89. The van der Waals surface area contributed by atoms with Crippen LogP contribution in [0.5, 0.6) is 5.75 Å². The van der Waals surface area contributed by atoms with Crippen molar-refractivity contribution in [1.82, 2.24) is 10.2 Å². The van der Waals surface area contributed by atoms with E-state index in [1.54, 1.807) is 6.21 Å². The van der Waals surface area contributed by atoms with Crippen molar-refractivity contribution in [2.45, 2.75) is 52.2 Å². The van der Waals surface area contributed by atoms with Gasteiger partial charge in [-0.3, -0.25) is 4.79 Å². The summed E-state index contributed by atoms with van der Waals surface area (Å²) in [7, 11) is 0. The fraction of sp³-hybridized carbons (Fsp3) is 0.480. The molecule has 2 fully saturated rings. The summed E-state index contributed by atoms with van der Waals surface area (Å²) in [5.74, 6) is 2.98. The summed E-state index contributed by atoms with van der Waals surface area (Å²) >= 11 is 0. The predicted octanol–water partition coefficient (Wildman–Crippen LogP) is 4.36. The Morgan fingerprint density at radius 1 is 1.35 bits per heavy atom. The average molecular weight is 424 g/mol. The lowest BCUT2D eigenvalue weighted by molar-refractivity contribution is -0.119. The van der Waals surface area contributed by atoms with Crippen molar-refractivity contribution in [3.63, 3.8) is 0 Å². The van der Waals surface area contributed by atoms with E-state index in [2.05, 4.69) is 27.5 Å². The lowest BCUT2D eigenvalue weighted by atomic mass is 10.1. The predicted molar refractivity (Wildman–Crippen MR) is 123 cm³/mol. The lowest BCUT2D eigenvalue weighted by Crippen LogP contribution is -2.24. The lowest BCUT2D eigenvalue weighted by Gasteiger charge is -2.18. The molecule has 2 aliphatic rings. The van der Waals surface area contributed by atoms with Gasteiger partial charge in [0.2, 0.25) is 5.91 Å². The first-order chi connectivity index (χ1) is 15.0. The van der Waals surface area contributed by atoms with E-state index in [1.807, 2.05) is 44.2 Å². The van der Waals surface area contributed by atoms with Crippen LogP contribution < -0.4 is 10.1 Å². The fourth-order valence-corrected chi connectivity index (χ4v) is 3.49. The number of allylic oxidation sites excluding steroid dienone is 2. The Morgan fingerprint density at radius 2 is 2.10 bits per heavy atom. The van der Waals surface area contributed by atoms with Gasteiger partial charge in [-0.1, -0.05) is 24.4 Å². The quantitative estimate of drug-likeness (QED) is 0.345. The number of carbonyl (C=O) groups is 1. The first-order valence-corrected chi connectivity index (χ1v) is 11.0. The minimum absolute atomic E-state index is 0.0259. The molecule has 31 heavy (non-hydrogen) atoms. The topological polar surface area (TPSA) is 63.2 Å². The van der Waals surface area contributed by atoms with Crippen molar-refractivity contribution in [2.24, 2.45) is 10.9 Å². The molecule has 1 amide bonds. The summed E-state index contributed by atoms with van der Waals surface area (Å²) < 4.78 is 12.0. The number of carbonyl (C=O) groups excluding carboxylic acids is 1. The second-order valence-corrected chi connectivity index (χ2v) is 8.17. The maximum Gasteiger partial charge on any atom is 0.217 e. The molecule has 0 aromatic heterocycles. The Kier molecular flexibility index (Phi) is 7.96. The molecule has 6 heteroatoms. The average Bonchev–Trinajstić information content (AvgIpc) is 3.48. The number of amides is 1. The summed E-state index contributed by atoms with van der Waals surface area (Å²) in [6.07, 6.45) is 7.18. The van der Waals surface area contributed by atoms with Gasteiger partial charge < -0.3 is 19.7 Å². The van der Waals surface area contributed by atoms with Crippen LogP contribution in [-0.4, -0.2) is 42.8 Å². The van der Waals surface area contributed by atoms with Crippen LogP contribution in [0, 0.1) is 5.92 Å². The third-order valence-corrected chi connectivity index (χ3v) is 5.49. The summed E-state index contributed by atoms with van der Waals surface area (Å²) in [6, 6.07) is 7.86. The molecule has 1 heterocycles. The highest BCUT2D eigenvalue weighted by atomic mass is 16.5. The first kappa shape index (κ1) is 22.7. The van der Waals surface area contributed by atoms with E-state index in [-0.39, 0.29) is 18.1 Å². The number of hydrogen-bond donors (Lipinski definition) is 1. The zero-order valence-corrected chi connectivity index (χ0v) is 18.8. The highest BCUT2D eigenvalue weighted by Gasteiger charge is 2.26. The standard InChI is InChI=1S/C25H33N3O3/c1-5-22(30-17-20-7-8-20)15-26-25(6-2)28-14-13-24(16-28)31-23-11-9-21(10-12-23)18(3)27-19(4)29/h5,9-12,15,18,20,24H,2,7-8,13-14,16-17H2,1,3-4H3,(H,27,29)/b22-5+,26-15?/t18-,24+/m0/s1. The van der Waals surface area contributed by atoms with Gasteiger partial charge in [0.1, 0.15) is 17.6 Å². The van der Waals surface area contributed by atoms with Crippen molar-refractivity contribution in [1.29, 1.82) is 0 Å². The van der Waals surface area contributed by atoms with E-state index >= 15 is 0 Å². The van der Waals surface area contributed by atoms with Gasteiger partial charge in [0.25, 0.3) is 0 Å². The second kappa shape index (κ2) is 10.9. The molecule has 1 saturated carbocycles. The summed E-state index contributed by atoms with van der Waals surface area (Å²) in [6.45, 7) is 11.6. The SMILES string of the molecule is C=C=C(N=C/C(=C\C)OCC1CC1)N1CC[C@@H](Oc2ccc([C@H](C)NC(C)=O)cc2)C1. The van der Waals surface area contributed by atoms with Crippen LogP contribution in [-0.2, 0) is 9.53 Å². The smallest absolute Gasteiger partial charge is 0.217 e. The Hall–Kier alpha value is -2.98. The van der Waals surface area contributed by atoms with E-state index in [4.69, 9.17) is 9.47 Å². The summed E-state index contributed by atoms with van der Waals surface area (Å²) in [4.78, 5) is 17.9. The van der Waals surface area contributed by atoms with E-state index in [0.717, 1.165) is 43.2 Å². The molecular formula is C25H33N3O3. The number of likely N-dealkylation sites (tertiary alicyclic amines) is 1. The number of hydrogen-bond acceptors (Lipinski definition) is 5. The van der Waals surface area contributed by atoms with Gasteiger partial charge in [-0.25, -0.2) is 4.99 Å². The first-order valence-electron chi connectivity index (χ1n) is 11.0. The molecule has 1 aliphatic heterocycles. The molecule has 166 valence electrons. The van der Waals surface area contributed by atoms with Gasteiger partial charge in [0, 0.05) is 19.9 Å². The van der Waals surface area contributed by atoms with Crippen LogP contribution in [0.1, 0.15) is 51.6 Å². The van der Waals surface area contributed by atoms with Crippen LogP contribution in [0.25, 0.3) is 0 Å². The number of aliphatic imine (C=N–C) groups is 1. The highest BCUT2D eigenvalue weighted by Crippen LogP contribution is 2.29. The van der Waals surface area contributed by atoms with Crippen molar-refractivity contribution >= 4 is 12.1 Å². The Labute approximate surface area is 185 Å². The number of nitrogens with zero attached hydrogens (tertiary/aromatic N) is 2. The Balaban J connectivity index is 1.51. The monoisotopic (exact) mass is 423 g/mol. The normalized spacial score (nSPS) is 19.8. The molecule has 0 spiro atoms. The molecule has 1 aliphatic carbocycles. The molecule has 6 nitrogen and oxygen atoms in total. The van der Waals surface area contributed by atoms with Crippen LogP contribution in [0.2, 0.25) is 0 Å². The third kappa shape index (κ3) is 7.04. The molecule has 2 atom stereocenters. The maximum absolute atomic E-state index is 11.2. The van der Waals surface area contributed by atoms with Gasteiger partial charge in [-0.15, -0.1) is 0 Å². The third-order valence-electron chi connectivity index (χ3n) is 5.49. The van der Waals surface area contributed by atoms with Crippen molar-refractivity contribution in [3.05, 3.63) is 59.8 Å². The number of nitrogens with one attached hydrogen (secondary N) is 1. The zero-order valence-electron chi connectivity index (χ0n) is 18.8. The number of ether oxygens (including phenoxy) is 2. The van der Waals surface area contributed by atoms with Crippen molar-refractivity contribution < 1.29 is 14.3 Å². The van der Waals surface area contributed by atoms with E-state index in [9.17, 15) is 4.79 Å². The highest BCUT2D eigenvalue weighted by molar-refractivity contribution is 5.76. The molecule has 1 aromatic carbocycles. The van der Waals surface area contributed by atoms with Gasteiger partial charge in [0.05, 0.1) is 25.4 Å². The minimum Gasteiger partial charge on any atom is -0.492 e. The van der Waals surface area contributed by atoms with Crippen molar-refractivity contribution in [2.75, 3.05) is 19.7 Å². The minimum atomic E-state index is -0.0383. The van der Waals surface area contributed by atoms with E-state index in [0.29, 0.717) is 11.7 Å². The van der Waals surface area contributed by atoms with Gasteiger partial charge in [-0.2, -0.15) is 0 Å². The molecule has 1 N–H and O–H groups in total. The van der Waals surface area contributed by atoms with Crippen LogP contribution >= 0.6 is 0 Å². The molecule has 0 bridgehead atoms. The van der Waals surface area contributed by atoms with Crippen LogP contribution in [0.15, 0.2) is 59.2 Å². The zero-order chi connectivity index (χ0) is 22.2. The van der Waals surface area contributed by atoms with E-state index in [1.165, 1.54) is 19.8 Å². The molecule has 0 unspecified atom stereocenters. The largest absolute Gasteiger partial charge is 0.492 e. The molecule has 0 radical (unpaired) electrons. The maximum atomic E-state index is 11.2. The van der Waals surface area contributed by atoms with Gasteiger partial charge in [0.15, 0.2) is 5.82 Å². The fourth-order valence-electron chi connectivity index (χ4n) is 3.49. The molecule has 3 rings (SSSR count). The van der Waals surface area contributed by atoms with Crippen molar-refractivity contribution in [3.8, 4) is 5.75 Å². The molecule has 1 aromatic rings. The second-order valence-electron chi connectivity index (χ2n) is 8.17. The van der Waals surface area contributed by atoms with Gasteiger partial charge in [-0.05, 0) is 56.4 Å². The van der Waals surface area contributed by atoms with Crippen LogP contribution in [0.3, 0.4) is 0 Å². The number of benzene rings is 1. The van der Waals surface area contributed by atoms with Crippen LogP contribution in [0.4, 0.5) is 0 Å². The Bertz CT molecular complexity index is 865. The summed E-state index contributed by atoms with van der Waals surface area (Å²) in [5.41, 5.74) is 3.99.